The molecule has 0 unspecified atom stereocenters. The number of carbonyl (C=O) groups is 3. The van der Waals surface area contributed by atoms with Gasteiger partial charge < -0.3 is 28.7 Å². The summed E-state index contributed by atoms with van der Waals surface area (Å²) < 4.78 is 21.8. The second-order valence-corrected chi connectivity index (χ2v) is 8.65. The molecule has 0 spiro atoms. The minimum absolute atomic E-state index is 0.0621. The summed E-state index contributed by atoms with van der Waals surface area (Å²) in [5.41, 5.74) is -0.200. The number of amides is 2. The zero-order chi connectivity index (χ0) is 25.6. The van der Waals surface area contributed by atoms with Gasteiger partial charge in [-0.1, -0.05) is 0 Å². The van der Waals surface area contributed by atoms with Crippen molar-refractivity contribution in [1.29, 1.82) is 0 Å². The Labute approximate surface area is 196 Å². The van der Waals surface area contributed by atoms with Gasteiger partial charge in [0.15, 0.2) is 11.5 Å². The van der Waals surface area contributed by atoms with Gasteiger partial charge in [0.1, 0.15) is 5.56 Å². The van der Waals surface area contributed by atoms with Crippen molar-refractivity contribution >= 4 is 18.0 Å². The van der Waals surface area contributed by atoms with Gasteiger partial charge in [0.2, 0.25) is 11.6 Å². The minimum atomic E-state index is -0.703. The van der Waals surface area contributed by atoms with Crippen LogP contribution in [0.2, 0.25) is 0 Å². The number of rotatable bonds is 9. The van der Waals surface area contributed by atoms with Crippen molar-refractivity contribution in [2.45, 2.75) is 86.5 Å². The molecule has 186 valence electrons. The molecular formula is C23H37N3O7. The number of hydrogen-bond donors (Lipinski definition) is 0. The smallest absolute Gasteiger partial charge is 0.417 e. The fourth-order valence-electron chi connectivity index (χ4n) is 3.62. The van der Waals surface area contributed by atoms with Crippen LogP contribution in [0.25, 0.3) is 0 Å². The number of aromatic nitrogens is 1. The van der Waals surface area contributed by atoms with Crippen LogP contribution in [0.15, 0.2) is 0 Å². The van der Waals surface area contributed by atoms with Crippen LogP contribution in [-0.4, -0.2) is 71.1 Å². The maximum absolute atomic E-state index is 13.0. The monoisotopic (exact) mass is 467 g/mol. The molecule has 1 aromatic rings. The molecule has 0 aliphatic rings. The number of pyridine rings is 1. The van der Waals surface area contributed by atoms with Gasteiger partial charge in [-0.05, 0) is 62.3 Å². The zero-order valence-corrected chi connectivity index (χ0v) is 21.5. The molecular weight excluding hydrogens is 430 g/mol. The number of ether oxygens (including phenoxy) is 4. The second kappa shape index (κ2) is 11.7. The van der Waals surface area contributed by atoms with Gasteiger partial charge in [-0.2, -0.15) is 4.98 Å². The lowest BCUT2D eigenvalue weighted by Gasteiger charge is -2.31. The van der Waals surface area contributed by atoms with E-state index in [9.17, 15) is 14.4 Å². The average Bonchev–Trinajstić information content (AvgIpc) is 2.65. The Morgan fingerprint density at radius 3 is 1.42 bits per heavy atom. The van der Waals surface area contributed by atoms with E-state index < -0.39 is 18.0 Å². The Bertz CT molecular complexity index is 850. The first-order chi connectivity index (χ1) is 15.3. The highest BCUT2D eigenvalue weighted by atomic mass is 16.6. The Balaban J connectivity index is 3.69. The summed E-state index contributed by atoms with van der Waals surface area (Å²) in [4.78, 5) is 45.7. The maximum Gasteiger partial charge on any atom is 0.417 e. The number of carbonyl (C=O) groups excluding carboxylic acids is 3. The van der Waals surface area contributed by atoms with E-state index in [1.165, 1.54) is 30.9 Å². The maximum atomic E-state index is 13.0. The summed E-state index contributed by atoms with van der Waals surface area (Å²) in [6, 6.07) is -0.672. The van der Waals surface area contributed by atoms with Crippen LogP contribution >= 0.6 is 0 Å². The molecule has 0 aromatic carbocycles. The molecule has 1 heterocycles. The van der Waals surface area contributed by atoms with E-state index in [2.05, 4.69) is 4.98 Å². The van der Waals surface area contributed by atoms with E-state index in [0.717, 1.165) is 0 Å². The van der Waals surface area contributed by atoms with E-state index in [1.807, 2.05) is 55.4 Å². The summed E-state index contributed by atoms with van der Waals surface area (Å²) in [6.45, 7) is 16.0. The number of methoxy groups -OCH3 is 2. The molecule has 0 fully saturated rings. The van der Waals surface area contributed by atoms with Gasteiger partial charge >= 0.3 is 12.2 Å². The van der Waals surface area contributed by atoms with Crippen LogP contribution < -0.4 is 18.9 Å². The minimum Gasteiger partial charge on any atom is -0.489 e. The first-order valence-corrected chi connectivity index (χ1v) is 10.9. The van der Waals surface area contributed by atoms with Crippen molar-refractivity contribution in [1.82, 2.24) is 14.8 Å². The summed E-state index contributed by atoms with van der Waals surface area (Å²) in [6.07, 6.45) is -1.40. The van der Waals surface area contributed by atoms with E-state index in [1.54, 1.807) is 0 Å². The van der Waals surface area contributed by atoms with E-state index in [-0.39, 0.29) is 53.0 Å². The van der Waals surface area contributed by atoms with Gasteiger partial charge in [-0.3, -0.25) is 4.79 Å². The molecule has 10 heteroatoms. The van der Waals surface area contributed by atoms with Crippen LogP contribution in [0.3, 0.4) is 0 Å². The number of nitrogens with zero attached hydrogens (tertiary/aromatic N) is 3. The van der Waals surface area contributed by atoms with Crippen LogP contribution in [-0.2, 0) is 0 Å². The highest BCUT2D eigenvalue weighted by Gasteiger charge is 2.33. The van der Waals surface area contributed by atoms with Crippen LogP contribution in [0, 0.1) is 0 Å². The fraction of sp³-hybridized carbons (Fsp3) is 0.652. The Morgan fingerprint density at radius 1 is 0.667 bits per heavy atom. The molecule has 1 aromatic heterocycles. The summed E-state index contributed by atoms with van der Waals surface area (Å²) in [5.74, 6) is -1.26. The van der Waals surface area contributed by atoms with E-state index in [0.29, 0.717) is 0 Å². The van der Waals surface area contributed by atoms with Crippen molar-refractivity contribution in [2.24, 2.45) is 0 Å². The predicted octanol–water partition coefficient (Wildman–Crippen LogP) is 4.54. The first-order valence-electron chi connectivity index (χ1n) is 10.9. The third kappa shape index (κ3) is 6.49. The van der Waals surface area contributed by atoms with Gasteiger partial charge in [0.05, 0.1) is 14.2 Å². The van der Waals surface area contributed by atoms with Crippen molar-refractivity contribution < 1.29 is 33.3 Å². The van der Waals surface area contributed by atoms with Gasteiger partial charge in [-0.25, -0.2) is 9.59 Å². The third-order valence-corrected chi connectivity index (χ3v) is 4.81. The molecule has 0 bridgehead atoms. The standard InChI is InChI=1S/C23H37N3O7/c1-12(2)25(13(3)4)22(28)32-18-17(16(9)27)20(24-21(31-11)19(18)30-10)33-23(29)26(14(5)6)15(7)8/h12-15H,1-11H3. The Morgan fingerprint density at radius 2 is 1.09 bits per heavy atom. The molecule has 0 saturated carbocycles. The Kier molecular flexibility index (Phi) is 9.94. The highest BCUT2D eigenvalue weighted by Crippen LogP contribution is 2.43. The van der Waals surface area contributed by atoms with Gasteiger partial charge in [-0.15, -0.1) is 0 Å². The summed E-state index contributed by atoms with van der Waals surface area (Å²) in [7, 11) is 2.66. The summed E-state index contributed by atoms with van der Waals surface area (Å²) in [5, 5.41) is 0. The van der Waals surface area contributed by atoms with Crippen molar-refractivity contribution in [3.63, 3.8) is 0 Å². The number of ketones is 1. The number of hydrogen-bond acceptors (Lipinski definition) is 8. The van der Waals surface area contributed by atoms with Crippen LogP contribution in [0.1, 0.15) is 72.7 Å². The lowest BCUT2D eigenvalue weighted by molar-refractivity contribution is 0.0995. The topological polar surface area (TPSA) is 108 Å². The van der Waals surface area contributed by atoms with Crippen molar-refractivity contribution in [3.05, 3.63) is 5.56 Å². The lowest BCUT2D eigenvalue weighted by Crippen LogP contribution is -2.44. The molecule has 0 radical (unpaired) electrons. The quantitative estimate of drug-likeness (QED) is 0.487. The summed E-state index contributed by atoms with van der Waals surface area (Å²) >= 11 is 0. The second-order valence-electron chi connectivity index (χ2n) is 8.65. The van der Waals surface area contributed by atoms with Gasteiger partial charge in [0.25, 0.3) is 5.88 Å². The molecule has 33 heavy (non-hydrogen) atoms. The SMILES string of the molecule is COc1nc(OC(=O)N(C(C)C)C(C)C)c(C(C)=O)c(OC(=O)N(C(C)C)C(C)C)c1OC. The highest BCUT2D eigenvalue weighted by molar-refractivity contribution is 6.01. The zero-order valence-electron chi connectivity index (χ0n) is 21.5. The molecule has 0 saturated heterocycles. The first kappa shape index (κ1) is 28.0. The molecule has 10 nitrogen and oxygen atoms in total. The van der Waals surface area contributed by atoms with Crippen molar-refractivity contribution in [2.75, 3.05) is 14.2 Å². The normalized spacial score (nSPS) is 11.1. The lowest BCUT2D eigenvalue weighted by atomic mass is 10.1. The van der Waals surface area contributed by atoms with E-state index in [4.69, 9.17) is 18.9 Å². The van der Waals surface area contributed by atoms with Gasteiger partial charge in [0, 0.05) is 24.2 Å². The number of Topliss-reactive ketones (excluding diaryl/α,β-unsaturated/α-hetero) is 1. The third-order valence-electron chi connectivity index (χ3n) is 4.81. The molecule has 0 aliphatic carbocycles. The average molecular weight is 468 g/mol. The van der Waals surface area contributed by atoms with E-state index >= 15 is 0 Å². The molecule has 0 atom stereocenters. The molecule has 0 N–H and O–H groups in total. The van der Waals surface area contributed by atoms with Crippen LogP contribution in [0.5, 0.6) is 23.3 Å². The Hall–Kier alpha value is -3.04. The fourth-order valence-corrected chi connectivity index (χ4v) is 3.62. The van der Waals surface area contributed by atoms with Crippen molar-refractivity contribution in [3.8, 4) is 23.3 Å². The molecule has 1 rings (SSSR count). The predicted molar refractivity (Wildman–Crippen MR) is 124 cm³/mol. The molecule has 2 amide bonds. The largest absolute Gasteiger partial charge is 0.489 e. The molecule has 0 aliphatic heterocycles. The van der Waals surface area contributed by atoms with Crippen LogP contribution in [0.4, 0.5) is 9.59 Å².